The largest absolute Gasteiger partial charge is 0.468 e. The van der Waals surface area contributed by atoms with Gasteiger partial charge in [-0.25, -0.2) is 8.78 Å². The fourth-order valence-electron chi connectivity index (χ4n) is 4.36. The molecule has 2 fully saturated rings. The summed E-state index contributed by atoms with van der Waals surface area (Å²) in [6.07, 6.45) is 4.99. The Balaban J connectivity index is 1.33. The standard InChI is InChI=1S/C22H29F2N5O/c1-25-22(26-14-20(21-5-4-12-30-21)28-9-2-3-10-28)27-17-8-11-29(15-17)19-7-6-16(23)13-18(19)24/h4-7,12-13,17,20H,2-3,8-11,14-15H2,1H3,(H2,25,26,27). The highest BCUT2D eigenvalue weighted by atomic mass is 19.1. The zero-order valence-electron chi connectivity index (χ0n) is 17.3. The molecule has 1 aromatic carbocycles. The molecule has 0 bridgehead atoms. The van der Waals surface area contributed by atoms with Gasteiger partial charge in [-0.3, -0.25) is 9.89 Å². The zero-order valence-corrected chi connectivity index (χ0v) is 17.3. The van der Waals surface area contributed by atoms with Crippen molar-refractivity contribution < 1.29 is 13.2 Å². The Morgan fingerprint density at radius 1 is 1.23 bits per heavy atom. The number of benzene rings is 1. The van der Waals surface area contributed by atoms with Gasteiger partial charge in [-0.1, -0.05) is 0 Å². The van der Waals surface area contributed by atoms with Crippen LogP contribution in [-0.2, 0) is 0 Å². The van der Waals surface area contributed by atoms with Crippen LogP contribution in [0.2, 0.25) is 0 Å². The Morgan fingerprint density at radius 2 is 2.07 bits per heavy atom. The number of rotatable bonds is 6. The average Bonchev–Trinajstić information content (AvgIpc) is 3.50. The van der Waals surface area contributed by atoms with Crippen molar-refractivity contribution in [2.45, 2.75) is 31.3 Å². The van der Waals surface area contributed by atoms with Gasteiger partial charge in [0.1, 0.15) is 17.4 Å². The predicted molar refractivity (Wildman–Crippen MR) is 114 cm³/mol. The maximum atomic E-state index is 14.1. The second-order valence-corrected chi connectivity index (χ2v) is 7.90. The molecule has 1 aromatic heterocycles. The number of likely N-dealkylation sites (tertiary alicyclic amines) is 1. The highest BCUT2D eigenvalue weighted by Gasteiger charge is 2.28. The molecule has 30 heavy (non-hydrogen) atoms. The molecule has 2 aromatic rings. The first kappa shape index (κ1) is 20.7. The third kappa shape index (κ3) is 4.75. The Hall–Kier alpha value is -2.61. The number of hydrogen-bond acceptors (Lipinski definition) is 4. The monoisotopic (exact) mass is 417 g/mol. The first-order valence-corrected chi connectivity index (χ1v) is 10.6. The van der Waals surface area contributed by atoms with Crippen molar-refractivity contribution in [3.63, 3.8) is 0 Å². The third-order valence-corrected chi connectivity index (χ3v) is 5.92. The lowest BCUT2D eigenvalue weighted by Crippen LogP contribution is -2.47. The van der Waals surface area contributed by atoms with Gasteiger partial charge in [-0.05, 0) is 56.6 Å². The molecule has 0 aliphatic carbocycles. The lowest BCUT2D eigenvalue weighted by atomic mass is 10.2. The van der Waals surface area contributed by atoms with E-state index in [-0.39, 0.29) is 12.1 Å². The molecular formula is C22H29F2N5O. The van der Waals surface area contributed by atoms with Crippen LogP contribution in [0.3, 0.4) is 0 Å². The number of halogens is 2. The van der Waals surface area contributed by atoms with Crippen LogP contribution in [0.5, 0.6) is 0 Å². The normalized spacial score (nSPS) is 21.2. The van der Waals surface area contributed by atoms with Crippen LogP contribution in [0, 0.1) is 11.6 Å². The molecule has 162 valence electrons. The molecule has 2 N–H and O–H groups in total. The SMILES string of the molecule is CN=C(NCC(c1ccco1)N1CCCC1)NC1CCN(c2ccc(F)cc2F)C1. The van der Waals surface area contributed by atoms with Crippen molar-refractivity contribution in [2.75, 3.05) is 44.7 Å². The van der Waals surface area contributed by atoms with E-state index in [9.17, 15) is 8.78 Å². The lowest BCUT2D eigenvalue weighted by Gasteiger charge is -2.27. The molecule has 2 atom stereocenters. The molecule has 6 nitrogen and oxygen atoms in total. The van der Waals surface area contributed by atoms with Crippen LogP contribution in [0.25, 0.3) is 0 Å². The summed E-state index contributed by atoms with van der Waals surface area (Å²) < 4.78 is 33.0. The van der Waals surface area contributed by atoms with Gasteiger partial charge in [0.2, 0.25) is 0 Å². The van der Waals surface area contributed by atoms with Crippen molar-refractivity contribution >= 4 is 11.6 Å². The van der Waals surface area contributed by atoms with E-state index in [0.29, 0.717) is 25.3 Å². The summed E-state index contributed by atoms with van der Waals surface area (Å²) in [6, 6.07) is 7.98. The van der Waals surface area contributed by atoms with Gasteiger partial charge in [0, 0.05) is 38.8 Å². The maximum absolute atomic E-state index is 14.1. The molecule has 8 heteroatoms. The number of hydrogen-bond donors (Lipinski definition) is 2. The van der Waals surface area contributed by atoms with E-state index in [1.807, 2.05) is 17.0 Å². The second kappa shape index (κ2) is 9.47. The van der Waals surface area contributed by atoms with E-state index >= 15 is 0 Å². The summed E-state index contributed by atoms with van der Waals surface area (Å²) in [7, 11) is 1.75. The van der Waals surface area contributed by atoms with Crippen molar-refractivity contribution in [2.24, 2.45) is 4.99 Å². The molecule has 3 heterocycles. The third-order valence-electron chi connectivity index (χ3n) is 5.92. The Bertz CT molecular complexity index is 851. The van der Waals surface area contributed by atoms with Crippen molar-refractivity contribution in [1.29, 1.82) is 0 Å². The molecule has 0 radical (unpaired) electrons. The molecule has 0 spiro atoms. The molecule has 2 aliphatic rings. The first-order chi connectivity index (χ1) is 14.6. The summed E-state index contributed by atoms with van der Waals surface area (Å²) in [5.74, 6) is 0.597. The smallest absolute Gasteiger partial charge is 0.191 e. The number of guanidine groups is 1. The average molecular weight is 418 g/mol. The molecule has 0 amide bonds. The molecule has 2 aliphatic heterocycles. The molecule has 0 saturated carbocycles. The summed E-state index contributed by atoms with van der Waals surface area (Å²) in [4.78, 5) is 8.74. The van der Waals surface area contributed by atoms with Crippen LogP contribution in [0.1, 0.15) is 31.1 Å². The van der Waals surface area contributed by atoms with Gasteiger partial charge in [-0.2, -0.15) is 0 Å². The zero-order chi connectivity index (χ0) is 20.9. The van der Waals surface area contributed by atoms with E-state index < -0.39 is 11.6 Å². The van der Waals surface area contributed by atoms with E-state index in [1.165, 1.54) is 25.0 Å². The second-order valence-electron chi connectivity index (χ2n) is 7.90. The number of aliphatic imine (C=N–C) groups is 1. The molecule has 2 saturated heterocycles. The van der Waals surface area contributed by atoms with Crippen molar-refractivity contribution in [3.05, 3.63) is 54.0 Å². The van der Waals surface area contributed by atoms with Crippen LogP contribution in [-0.4, -0.2) is 56.7 Å². The van der Waals surface area contributed by atoms with Gasteiger partial charge in [0.25, 0.3) is 0 Å². The Labute approximate surface area is 175 Å². The Kier molecular flexibility index (Phi) is 6.52. The summed E-state index contributed by atoms with van der Waals surface area (Å²) in [6.45, 7) is 4.17. The van der Waals surface area contributed by atoms with E-state index in [2.05, 4.69) is 20.5 Å². The van der Waals surface area contributed by atoms with E-state index in [4.69, 9.17) is 4.42 Å². The van der Waals surface area contributed by atoms with Crippen molar-refractivity contribution in [3.8, 4) is 0 Å². The topological polar surface area (TPSA) is 56.0 Å². The quantitative estimate of drug-likeness (QED) is 0.559. The minimum atomic E-state index is -0.557. The van der Waals surface area contributed by atoms with Crippen molar-refractivity contribution in [1.82, 2.24) is 15.5 Å². The number of anilines is 1. The van der Waals surface area contributed by atoms with E-state index in [1.54, 1.807) is 13.3 Å². The molecule has 2 unspecified atom stereocenters. The lowest BCUT2D eigenvalue weighted by molar-refractivity contribution is 0.215. The number of nitrogens with zero attached hydrogens (tertiary/aromatic N) is 3. The fraction of sp³-hybridized carbons (Fsp3) is 0.500. The minimum Gasteiger partial charge on any atom is -0.468 e. The summed E-state index contributed by atoms with van der Waals surface area (Å²) in [5.41, 5.74) is 0.440. The molecule has 4 rings (SSSR count). The van der Waals surface area contributed by atoms with Gasteiger partial charge < -0.3 is 20.0 Å². The fourth-order valence-corrected chi connectivity index (χ4v) is 4.36. The number of furan rings is 1. The summed E-state index contributed by atoms with van der Waals surface area (Å²) in [5, 5.41) is 6.87. The van der Waals surface area contributed by atoms with Crippen LogP contribution in [0.15, 0.2) is 46.0 Å². The van der Waals surface area contributed by atoms with Gasteiger partial charge in [0.15, 0.2) is 5.96 Å². The Morgan fingerprint density at radius 3 is 2.77 bits per heavy atom. The van der Waals surface area contributed by atoms with Crippen LogP contribution in [0.4, 0.5) is 14.5 Å². The minimum absolute atomic E-state index is 0.134. The van der Waals surface area contributed by atoms with Gasteiger partial charge >= 0.3 is 0 Å². The maximum Gasteiger partial charge on any atom is 0.191 e. The van der Waals surface area contributed by atoms with Crippen LogP contribution < -0.4 is 15.5 Å². The number of nitrogens with one attached hydrogen (secondary N) is 2. The van der Waals surface area contributed by atoms with E-state index in [0.717, 1.165) is 37.3 Å². The summed E-state index contributed by atoms with van der Waals surface area (Å²) >= 11 is 0. The highest BCUT2D eigenvalue weighted by Crippen LogP contribution is 2.26. The predicted octanol–water partition coefficient (Wildman–Crippen LogP) is 3.14. The molecular weight excluding hydrogens is 388 g/mol. The van der Waals surface area contributed by atoms with Gasteiger partial charge in [-0.15, -0.1) is 0 Å². The van der Waals surface area contributed by atoms with Crippen LogP contribution >= 0.6 is 0 Å². The highest BCUT2D eigenvalue weighted by molar-refractivity contribution is 5.80. The first-order valence-electron chi connectivity index (χ1n) is 10.6. The van der Waals surface area contributed by atoms with Gasteiger partial charge in [0.05, 0.1) is 18.0 Å².